The van der Waals surface area contributed by atoms with Crippen molar-refractivity contribution < 1.29 is 68.1 Å². The molecular weight excluding hydrogens is 885 g/mol. The smallest absolute Gasteiger partial charge is 0.303 e. The third-order valence-electron chi connectivity index (χ3n) is 8.36. The highest BCUT2D eigenvalue weighted by molar-refractivity contribution is 7.98. The van der Waals surface area contributed by atoms with Gasteiger partial charge in [-0.2, -0.15) is 11.8 Å². The number of aliphatic carboxylic acids is 3. The highest BCUT2D eigenvalue weighted by Crippen LogP contribution is 2.09. The third-order valence-corrected chi connectivity index (χ3v) is 9.00. The van der Waals surface area contributed by atoms with Crippen molar-refractivity contribution in [2.75, 3.05) is 25.1 Å². The number of primary amides is 2. The molecule has 0 spiro atoms. The lowest BCUT2D eigenvalue weighted by Gasteiger charge is -2.27. The molecule has 0 aliphatic carbocycles. The maximum absolute atomic E-state index is 13.8. The molecule has 28 nitrogen and oxygen atoms in total. The summed E-state index contributed by atoms with van der Waals surface area (Å²) in [6.07, 6.45) is -0.914. The van der Waals surface area contributed by atoms with Crippen LogP contribution in [0.25, 0.3) is 0 Å². The monoisotopic (exact) mass is 948 g/mol. The van der Waals surface area contributed by atoms with E-state index in [0.717, 1.165) is 13.8 Å². The normalized spacial score (nSPS) is 13.1. The number of carbonyl (C=O) groups is 11. The van der Waals surface area contributed by atoms with E-state index in [9.17, 15) is 53.1 Å². The Labute approximate surface area is 378 Å². The zero-order valence-corrected chi connectivity index (χ0v) is 37.3. The van der Waals surface area contributed by atoms with E-state index in [1.54, 1.807) is 6.26 Å². The fourth-order valence-electron chi connectivity index (χ4n) is 5.30. The molecule has 0 aromatic rings. The highest BCUT2D eigenvalue weighted by Gasteiger charge is 2.33. The van der Waals surface area contributed by atoms with E-state index in [1.807, 2.05) is 0 Å². The second kappa shape index (κ2) is 33.6. The number of carbonyl (C=O) groups excluding carboxylic acids is 8. The molecule has 0 aromatic carbocycles. The Hall–Kier alpha value is -6.94. The summed E-state index contributed by atoms with van der Waals surface area (Å²) in [5.41, 5.74) is 32.3. The number of carboxylic acids is 3. The van der Waals surface area contributed by atoms with Crippen LogP contribution >= 0.6 is 11.8 Å². The zero-order valence-electron chi connectivity index (χ0n) is 36.5. The molecule has 0 fully saturated rings. The summed E-state index contributed by atoms with van der Waals surface area (Å²) in [4.78, 5) is 143. The number of amides is 8. The third kappa shape index (κ3) is 31.5. The number of hydrogen-bond donors (Lipinski definition) is 15. The molecule has 0 saturated heterocycles. The van der Waals surface area contributed by atoms with Gasteiger partial charge in [-0.3, -0.25) is 62.7 Å². The van der Waals surface area contributed by atoms with Gasteiger partial charge in [0, 0.05) is 46.2 Å². The number of nitrogens with zero attached hydrogens (tertiary/aromatic N) is 2. The summed E-state index contributed by atoms with van der Waals surface area (Å²) in [5, 5.41) is 40.3. The lowest BCUT2D eigenvalue weighted by Crippen LogP contribution is -2.59. The summed E-state index contributed by atoms with van der Waals surface area (Å²) in [5.74, 6) is -10.9. The van der Waals surface area contributed by atoms with Crippen LogP contribution in [0.1, 0.15) is 84.5 Å². The Bertz CT molecular complexity index is 1710. The SMILES string of the molecule is CC(=O)O.CSCCC(NC(=O)C(CCC(=O)O)NC(=O)C(CCC(=O)O)NC(C)=O)C(=O)NC(CCC(N)=O)C(=O)NC(CCCN=C(N)N)C(=O)NC(CCCN=C(N)N)C(N)=O. The zero-order chi connectivity index (χ0) is 50.2. The summed E-state index contributed by atoms with van der Waals surface area (Å²) < 4.78 is 0. The van der Waals surface area contributed by atoms with Crippen LogP contribution < -0.4 is 66.3 Å². The van der Waals surface area contributed by atoms with Crippen molar-refractivity contribution >= 4 is 88.8 Å². The molecule has 368 valence electrons. The van der Waals surface area contributed by atoms with Crippen LogP contribution in [0, 0.1) is 0 Å². The van der Waals surface area contributed by atoms with Gasteiger partial charge in [-0.05, 0) is 63.4 Å². The molecule has 0 saturated carbocycles. The molecule has 65 heavy (non-hydrogen) atoms. The number of carboxylic acid groups (broad SMARTS) is 3. The summed E-state index contributed by atoms with van der Waals surface area (Å²) in [6, 6.07) is -8.59. The number of guanidine groups is 2. The molecule has 0 radical (unpaired) electrons. The van der Waals surface area contributed by atoms with E-state index in [1.165, 1.54) is 11.8 Å². The second-order valence-electron chi connectivity index (χ2n) is 14.0. The van der Waals surface area contributed by atoms with Crippen LogP contribution in [0.15, 0.2) is 9.98 Å². The fraction of sp³-hybridized carbons (Fsp3) is 0.639. The van der Waals surface area contributed by atoms with Gasteiger partial charge in [-0.15, -0.1) is 0 Å². The number of hydrogen-bond acceptors (Lipinski definition) is 14. The number of thioether (sulfide) groups is 1. The lowest BCUT2D eigenvalue weighted by atomic mass is 10.0. The van der Waals surface area contributed by atoms with Crippen molar-refractivity contribution in [3.63, 3.8) is 0 Å². The molecule has 0 aliphatic rings. The minimum Gasteiger partial charge on any atom is -0.481 e. The first kappa shape index (κ1) is 60.1. The molecule has 0 bridgehead atoms. The summed E-state index contributed by atoms with van der Waals surface area (Å²) >= 11 is 1.27. The molecular formula is C36H64N14O14S. The van der Waals surface area contributed by atoms with Crippen LogP contribution in [-0.2, 0) is 52.7 Å². The Kier molecular flexibility index (Phi) is 31.1. The van der Waals surface area contributed by atoms with Gasteiger partial charge in [-0.1, -0.05) is 0 Å². The maximum Gasteiger partial charge on any atom is 0.303 e. The number of rotatable bonds is 32. The molecule has 0 heterocycles. The minimum absolute atomic E-state index is 0.0222. The largest absolute Gasteiger partial charge is 0.481 e. The van der Waals surface area contributed by atoms with Crippen molar-refractivity contribution in [3.05, 3.63) is 0 Å². The second-order valence-corrected chi connectivity index (χ2v) is 15.0. The first-order chi connectivity index (χ1) is 30.3. The van der Waals surface area contributed by atoms with Gasteiger partial charge in [0.2, 0.25) is 47.3 Å². The number of aliphatic imine (C=N–C) groups is 2. The number of nitrogens with two attached hydrogens (primary N) is 6. The van der Waals surface area contributed by atoms with Gasteiger partial charge in [0.15, 0.2) is 11.9 Å². The summed E-state index contributed by atoms with van der Waals surface area (Å²) in [7, 11) is 0. The quantitative estimate of drug-likeness (QED) is 0.0170. The van der Waals surface area contributed by atoms with E-state index in [4.69, 9.17) is 49.4 Å². The molecule has 0 aliphatic heterocycles. The molecule has 0 aromatic heterocycles. The minimum atomic E-state index is -1.60. The molecule has 21 N–H and O–H groups in total. The predicted molar refractivity (Wildman–Crippen MR) is 235 cm³/mol. The van der Waals surface area contributed by atoms with Gasteiger partial charge in [0.05, 0.1) is 0 Å². The van der Waals surface area contributed by atoms with Crippen molar-refractivity contribution in [1.82, 2.24) is 31.9 Å². The molecule has 0 rings (SSSR count). The topological polar surface area (TPSA) is 501 Å². The van der Waals surface area contributed by atoms with E-state index in [2.05, 4.69) is 41.9 Å². The van der Waals surface area contributed by atoms with Crippen LogP contribution in [-0.4, -0.2) is 154 Å². The lowest BCUT2D eigenvalue weighted by molar-refractivity contribution is -0.140. The molecule has 29 heteroatoms. The average molecular weight is 949 g/mol. The Morgan fingerprint density at radius 1 is 0.477 bits per heavy atom. The fourth-order valence-corrected chi connectivity index (χ4v) is 5.77. The van der Waals surface area contributed by atoms with E-state index < -0.39 is 127 Å². The van der Waals surface area contributed by atoms with E-state index in [0.29, 0.717) is 0 Å². The average Bonchev–Trinajstić information content (AvgIpc) is 3.18. The summed E-state index contributed by atoms with van der Waals surface area (Å²) in [6.45, 7) is 2.31. The van der Waals surface area contributed by atoms with Gasteiger partial charge in [0.1, 0.15) is 36.3 Å². The maximum atomic E-state index is 13.8. The van der Waals surface area contributed by atoms with E-state index in [-0.39, 0.29) is 75.7 Å². The highest BCUT2D eigenvalue weighted by atomic mass is 32.2. The van der Waals surface area contributed by atoms with Crippen molar-refractivity contribution in [3.8, 4) is 0 Å². The first-order valence-electron chi connectivity index (χ1n) is 19.9. The van der Waals surface area contributed by atoms with Crippen LogP contribution in [0.3, 0.4) is 0 Å². The van der Waals surface area contributed by atoms with Crippen molar-refractivity contribution in [1.29, 1.82) is 0 Å². The number of nitrogens with one attached hydrogen (secondary N) is 6. The molecule has 6 atom stereocenters. The van der Waals surface area contributed by atoms with Crippen molar-refractivity contribution in [2.24, 2.45) is 44.4 Å². The van der Waals surface area contributed by atoms with Crippen LogP contribution in [0.4, 0.5) is 0 Å². The van der Waals surface area contributed by atoms with Gasteiger partial charge < -0.3 is 81.6 Å². The van der Waals surface area contributed by atoms with Crippen LogP contribution in [0.2, 0.25) is 0 Å². The van der Waals surface area contributed by atoms with Gasteiger partial charge >= 0.3 is 11.9 Å². The van der Waals surface area contributed by atoms with Gasteiger partial charge in [0.25, 0.3) is 5.97 Å². The first-order valence-corrected chi connectivity index (χ1v) is 21.3. The Balaban J connectivity index is 0. The van der Waals surface area contributed by atoms with E-state index >= 15 is 0 Å². The molecule has 8 amide bonds. The van der Waals surface area contributed by atoms with Crippen LogP contribution in [0.5, 0.6) is 0 Å². The predicted octanol–water partition coefficient (Wildman–Crippen LogP) is -5.65. The van der Waals surface area contributed by atoms with Gasteiger partial charge in [-0.25, -0.2) is 0 Å². The Morgan fingerprint density at radius 3 is 1.09 bits per heavy atom. The Morgan fingerprint density at radius 2 is 0.785 bits per heavy atom. The molecule has 6 unspecified atom stereocenters. The van der Waals surface area contributed by atoms with Crippen molar-refractivity contribution in [2.45, 2.75) is 121 Å². The standard InChI is InChI=1S/C34H60N14O12S.C2H4O2/c1-17(49)43-20(8-11-25(51)52)29(57)47-22(9-12-26(53)54)31(59)48-23(13-16-61-2)32(60)46-21(7-10-24(35)50)30(58)45-19(6-4-15-42-34(39)40)28(56)44-18(27(36)55)5-3-14-41-33(37)38;1-2(3)4/h18-23H,3-16H2,1-2H3,(H2,35,50)(H2,36,55)(H,43,49)(H,44,56)(H,45,58)(H,46,60)(H,47,57)(H,48,59)(H,51,52)(H,53,54)(H4,37,38,41)(H4,39,40,42);1H3,(H,3,4).